The molecule has 37 heavy (non-hydrogen) atoms. The highest BCUT2D eigenvalue weighted by Crippen LogP contribution is 2.38. The number of halogens is 3. The Balaban J connectivity index is 2.51. The number of alkyl halides is 3. The van der Waals surface area contributed by atoms with E-state index in [9.17, 15) is 40.8 Å². The summed E-state index contributed by atoms with van der Waals surface area (Å²) in [6.07, 6.45) is -6.89. The quantitative estimate of drug-likeness (QED) is 0.198. The summed E-state index contributed by atoms with van der Waals surface area (Å²) >= 11 is 0. The van der Waals surface area contributed by atoms with Gasteiger partial charge in [-0.15, -0.1) is 0 Å². The minimum Gasteiger partial charge on any atom is -0.463 e. The number of carbonyl (C=O) groups is 4. The molecule has 0 bridgehead atoms. The van der Waals surface area contributed by atoms with Gasteiger partial charge in [0.25, 0.3) is 0 Å². The van der Waals surface area contributed by atoms with Gasteiger partial charge in [0.2, 0.25) is 0 Å². The van der Waals surface area contributed by atoms with Crippen molar-refractivity contribution in [3.63, 3.8) is 0 Å². The Morgan fingerprint density at radius 2 is 1.30 bits per heavy atom. The van der Waals surface area contributed by atoms with E-state index in [0.29, 0.717) is 0 Å². The number of carbonyl (C=O) groups excluding carboxylic acids is 4. The van der Waals surface area contributed by atoms with Crippen LogP contribution in [-0.4, -0.2) is 68.8 Å². The molecule has 16 heteroatoms. The summed E-state index contributed by atoms with van der Waals surface area (Å²) in [5, 5.41) is 0. The number of hydrogen-bond acceptors (Lipinski definition) is 12. The monoisotopic (exact) mass is 556 g/mol. The first-order valence-corrected chi connectivity index (χ1v) is 11.8. The van der Waals surface area contributed by atoms with Crippen LogP contribution in [0.3, 0.4) is 0 Å². The van der Waals surface area contributed by atoms with Crippen LogP contribution in [0.4, 0.5) is 13.2 Å². The minimum atomic E-state index is -5.94. The third kappa shape index (κ3) is 8.04. The topological polar surface area (TPSA) is 158 Å². The van der Waals surface area contributed by atoms with Gasteiger partial charge in [-0.3, -0.25) is 19.2 Å². The van der Waals surface area contributed by atoms with Gasteiger partial charge in [0.15, 0.2) is 18.3 Å². The van der Waals surface area contributed by atoms with E-state index in [-0.39, 0.29) is 5.56 Å². The van der Waals surface area contributed by atoms with Crippen LogP contribution in [0.2, 0.25) is 0 Å². The first kappa shape index (κ1) is 29.8. The number of esters is 4. The summed E-state index contributed by atoms with van der Waals surface area (Å²) in [4.78, 5) is 46.8. The molecule has 0 saturated carbocycles. The second-order valence-electron chi connectivity index (χ2n) is 7.67. The third-order valence-electron chi connectivity index (χ3n) is 4.69. The van der Waals surface area contributed by atoms with Crippen molar-refractivity contribution in [3.8, 4) is 5.75 Å². The van der Waals surface area contributed by atoms with Crippen molar-refractivity contribution in [1.29, 1.82) is 0 Å². The normalized spacial score (nSPS) is 23.9. The van der Waals surface area contributed by atoms with Crippen LogP contribution in [0.5, 0.6) is 5.75 Å². The first-order chi connectivity index (χ1) is 17.0. The van der Waals surface area contributed by atoms with Gasteiger partial charge in [-0.2, -0.15) is 21.6 Å². The molecule has 0 radical (unpaired) electrons. The van der Waals surface area contributed by atoms with E-state index in [4.69, 9.17) is 23.7 Å². The highest BCUT2D eigenvalue weighted by atomic mass is 32.2. The predicted molar refractivity (Wildman–Crippen MR) is 113 cm³/mol. The van der Waals surface area contributed by atoms with Gasteiger partial charge in [-0.1, -0.05) is 12.1 Å². The molecular weight excluding hydrogens is 533 g/mol. The molecule has 1 aromatic rings. The predicted octanol–water partition coefficient (Wildman–Crippen LogP) is 1.71. The molecule has 5 atom stereocenters. The minimum absolute atomic E-state index is 0.106. The lowest BCUT2D eigenvalue weighted by atomic mass is 9.90. The molecule has 2 rings (SSSR count). The molecule has 1 saturated heterocycles. The zero-order valence-electron chi connectivity index (χ0n) is 19.8. The maximum Gasteiger partial charge on any atom is 0.534 e. The summed E-state index contributed by atoms with van der Waals surface area (Å²) in [5.74, 6) is -3.95. The Morgan fingerprint density at radius 3 is 1.76 bits per heavy atom. The molecule has 1 heterocycles. The molecule has 0 aliphatic carbocycles. The summed E-state index contributed by atoms with van der Waals surface area (Å²) < 4.78 is 91.1. The fourth-order valence-electron chi connectivity index (χ4n) is 3.38. The largest absolute Gasteiger partial charge is 0.534 e. The molecule has 0 spiro atoms. The Kier molecular flexibility index (Phi) is 9.49. The third-order valence-corrected chi connectivity index (χ3v) is 5.67. The lowest BCUT2D eigenvalue weighted by Crippen LogP contribution is -2.59. The summed E-state index contributed by atoms with van der Waals surface area (Å²) in [6, 6.07) is 3.99. The highest BCUT2D eigenvalue weighted by molar-refractivity contribution is 7.88. The number of hydrogen-bond donors (Lipinski definition) is 0. The van der Waals surface area contributed by atoms with Crippen LogP contribution >= 0.6 is 0 Å². The molecule has 0 amide bonds. The van der Waals surface area contributed by atoms with Crippen molar-refractivity contribution < 1.29 is 68.6 Å². The van der Waals surface area contributed by atoms with Crippen LogP contribution in [0.1, 0.15) is 39.4 Å². The molecular formula is C21H23F3O12S. The number of ether oxygens (including phenoxy) is 5. The van der Waals surface area contributed by atoms with Gasteiger partial charge < -0.3 is 27.9 Å². The SMILES string of the molecule is CC(=O)OC[C@H]1O[C@H](c2ccc(OS(=O)(=O)C(F)(F)F)cc2)[C@@H](OC(C)=O)[C@@H](OC(C)=O)[C@@H]1OC(C)=O. The van der Waals surface area contributed by atoms with Gasteiger partial charge in [-0.25, -0.2) is 0 Å². The Hall–Kier alpha value is -3.40. The average Bonchev–Trinajstić information content (AvgIpc) is 2.74. The number of rotatable bonds is 8. The second-order valence-corrected chi connectivity index (χ2v) is 9.21. The zero-order chi connectivity index (χ0) is 28.1. The smallest absolute Gasteiger partial charge is 0.463 e. The average molecular weight is 556 g/mol. The van der Waals surface area contributed by atoms with E-state index in [1.807, 2.05) is 0 Å². The maximum atomic E-state index is 12.6. The molecule has 1 aliphatic rings. The summed E-state index contributed by atoms with van der Waals surface area (Å²) in [6.45, 7) is 3.73. The molecule has 0 unspecified atom stereocenters. The second kappa shape index (κ2) is 11.8. The van der Waals surface area contributed by atoms with Gasteiger partial charge in [0, 0.05) is 27.7 Å². The van der Waals surface area contributed by atoms with E-state index >= 15 is 0 Å². The van der Waals surface area contributed by atoms with E-state index in [1.165, 1.54) is 0 Å². The van der Waals surface area contributed by atoms with E-state index in [1.54, 1.807) is 0 Å². The molecule has 0 aromatic heterocycles. The highest BCUT2D eigenvalue weighted by Gasteiger charge is 2.53. The van der Waals surface area contributed by atoms with Crippen molar-refractivity contribution in [2.75, 3.05) is 6.61 Å². The molecule has 206 valence electrons. The van der Waals surface area contributed by atoms with Crippen LogP contribution in [-0.2, 0) is 53.0 Å². The van der Waals surface area contributed by atoms with Crippen molar-refractivity contribution in [2.24, 2.45) is 0 Å². The fourth-order valence-corrected chi connectivity index (χ4v) is 3.84. The Bertz CT molecular complexity index is 1120. The number of benzene rings is 1. The van der Waals surface area contributed by atoms with Crippen LogP contribution in [0.25, 0.3) is 0 Å². The van der Waals surface area contributed by atoms with E-state index in [2.05, 4.69) is 4.18 Å². The first-order valence-electron chi connectivity index (χ1n) is 10.4. The van der Waals surface area contributed by atoms with Gasteiger partial charge in [0.1, 0.15) is 24.6 Å². The molecule has 1 aliphatic heterocycles. The Labute approximate surface area is 209 Å². The molecule has 1 fully saturated rings. The summed E-state index contributed by atoms with van der Waals surface area (Å²) in [7, 11) is -5.94. The van der Waals surface area contributed by atoms with Crippen LogP contribution in [0, 0.1) is 0 Å². The van der Waals surface area contributed by atoms with Gasteiger partial charge in [0.05, 0.1) is 0 Å². The molecule has 0 N–H and O–H groups in total. The lowest BCUT2D eigenvalue weighted by Gasteiger charge is -2.44. The lowest BCUT2D eigenvalue weighted by molar-refractivity contribution is -0.254. The van der Waals surface area contributed by atoms with Crippen molar-refractivity contribution in [2.45, 2.75) is 63.7 Å². The van der Waals surface area contributed by atoms with Crippen molar-refractivity contribution in [1.82, 2.24) is 0 Å². The van der Waals surface area contributed by atoms with Gasteiger partial charge >= 0.3 is 39.5 Å². The summed E-state index contributed by atoms with van der Waals surface area (Å²) in [5.41, 5.74) is -5.56. The zero-order valence-corrected chi connectivity index (χ0v) is 20.7. The molecule has 1 aromatic carbocycles. The Morgan fingerprint density at radius 1 is 0.811 bits per heavy atom. The van der Waals surface area contributed by atoms with E-state index in [0.717, 1.165) is 52.0 Å². The van der Waals surface area contributed by atoms with Crippen molar-refractivity contribution >= 4 is 34.0 Å². The van der Waals surface area contributed by atoms with Crippen LogP contribution in [0.15, 0.2) is 24.3 Å². The van der Waals surface area contributed by atoms with Crippen LogP contribution < -0.4 is 4.18 Å². The molecule has 12 nitrogen and oxygen atoms in total. The van der Waals surface area contributed by atoms with Gasteiger partial charge in [-0.05, 0) is 17.7 Å². The fraction of sp³-hybridized carbons (Fsp3) is 0.524. The maximum absolute atomic E-state index is 12.6. The van der Waals surface area contributed by atoms with Crippen molar-refractivity contribution in [3.05, 3.63) is 29.8 Å². The standard InChI is InChI=1S/C21H23F3O12S/c1-10(25)31-9-16-18(32-11(2)26)20(34-13(4)28)19(33-12(3)27)17(35-16)14-5-7-15(8-6-14)36-37(29,30)21(22,23)24/h5-8,16-20H,9H2,1-4H3/t16-,17-,18-,19-,20+/m1/s1. The van der Waals surface area contributed by atoms with E-state index < -0.39 is 82.4 Å².